The van der Waals surface area contributed by atoms with E-state index in [2.05, 4.69) is 27.5 Å². The Kier molecular flexibility index (Phi) is 4.78. The van der Waals surface area contributed by atoms with Crippen molar-refractivity contribution in [3.8, 4) is 11.3 Å². The number of hydrogen-bond acceptors (Lipinski definition) is 4. The molecule has 4 nitrogen and oxygen atoms in total. The van der Waals surface area contributed by atoms with Gasteiger partial charge in [-0.3, -0.25) is 0 Å². The van der Waals surface area contributed by atoms with E-state index in [1.165, 1.54) is 12.5 Å². The van der Waals surface area contributed by atoms with Crippen LogP contribution in [0.25, 0.3) is 11.3 Å². The first-order chi connectivity index (χ1) is 11.0. The van der Waals surface area contributed by atoms with Gasteiger partial charge in [0.15, 0.2) is 0 Å². The molecule has 0 saturated carbocycles. The van der Waals surface area contributed by atoms with Crippen molar-refractivity contribution in [3.05, 3.63) is 40.7 Å². The molecular weight excluding hydrogens is 315 g/mol. The number of anilines is 1. The molecule has 1 aliphatic rings. The molecule has 1 aromatic heterocycles. The van der Waals surface area contributed by atoms with Crippen LogP contribution >= 0.6 is 11.6 Å². The van der Waals surface area contributed by atoms with Gasteiger partial charge in [-0.2, -0.15) is 0 Å². The summed E-state index contributed by atoms with van der Waals surface area (Å²) in [4.78, 5) is 2.32. The SMILES string of the molecule is Cc1cc(N[C@@H]2CCCN(C)C2)nnc1-c1ccc(F)c(Cl)c1. The number of nitrogens with one attached hydrogen (secondary N) is 1. The molecule has 3 rings (SSSR count). The zero-order valence-corrected chi connectivity index (χ0v) is 14.1. The van der Waals surface area contributed by atoms with Gasteiger partial charge in [0, 0.05) is 18.2 Å². The molecule has 0 amide bonds. The molecule has 2 heterocycles. The van der Waals surface area contributed by atoms with Crippen LogP contribution in [0.1, 0.15) is 18.4 Å². The maximum absolute atomic E-state index is 13.3. The van der Waals surface area contributed by atoms with Gasteiger partial charge in [0.25, 0.3) is 0 Å². The van der Waals surface area contributed by atoms with Gasteiger partial charge in [-0.05, 0) is 63.2 Å². The van der Waals surface area contributed by atoms with Gasteiger partial charge in [-0.25, -0.2) is 4.39 Å². The van der Waals surface area contributed by atoms with E-state index in [9.17, 15) is 4.39 Å². The first-order valence-corrected chi connectivity index (χ1v) is 8.15. The predicted molar refractivity (Wildman–Crippen MR) is 91.3 cm³/mol. The maximum Gasteiger partial charge on any atom is 0.149 e. The number of benzene rings is 1. The van der Waals surface area contributed by atoms with Crippen LogP contribution in [-0.4, -0.2) is 41.3 Å². The Bertz CT molecular complexity index is 707. The summed E-state index contributed by atoms with van der Waals surface area (Å²) in [6.07, 6.45) is 2.33. The normalized spacial score (nSPS) is 18.9. The highest BCUT2D eigenvalue weighted by Gasteiger charge is 2.18. The van der Waals surface area contributed by atoms with E-state index in [4.69, 9.17) is 11.6 Å². The average Bonchev–Trinajstić information content (AvgIpc) is 2.50. The van der Waals surface area contributed by atoms with Crippen molar-refractivity contribution in [2.24, 2.45) is 0 Å². The number of piperidine rings is 1. The van der Waals surface area contributed by atoms with Gasteiger partial charge in [0.2, 0.25) is 0 Å². The molecule has 1 N–H and O–H groups in total. The second kappa shape index (κ2) is 6.81. The maximum atomic E-state index is 13.3. The molecule has 0 radical (unpaired) electrons. The molecule has 23 heavy (non-hydrogen) atoms. The van der Waals surface area contributed by atoms with Crippen LogP contribution in [0.15, 0.2) is 24.3 Å². The second-order valence-electron chi connectivity index (χ2n) is 6.14. The van der Waals surface area contributed by atoms with E-state index in [1.54, 1.807) is 12.1 Å². The van der Waals surface area contributed by atoms with E-state index < -0.39 is 5.82 Å². The summed E-state index contributed by atoms with van der Waals surface area (Å²) in [5.74, 6) is 0.348. The van der Waals surface area contributed by atoms with E-state index in [1.807, 2.05) is 13.0 Å². The molecule has 0 unspecified atom stereocenters. The van der Waals surface area contributed by atoms with Crippen LogP contribution < -0.4 is 5.32 Å². The molecule has 1 fully saturated rings. The van der Waals surface area contributed by atoms with Crippen molar-refractivity contribution < 1.29 is 4.39 Å². The van der Waals surface area contributed by atoms with Gasteiger partial charge in [0.05, 0.1) is 10.7 Å². The van der Waals surface area contributed by atoms with Crippen LogP contribution in [-0.2, 0) is 0 Å². The number of aromatic nitrogens is 2. The number of hydrogen-bond donors (Lipinski definition) is 1. The number of likely N-dealkylation sites (N-methyl/N-ethyl adjacent to an activating group) is 1. The molecule has 2 aromatic rings. The Labute approximate surface area is 140 Å². The number of likely N-dealkylation sites (tertiary alicyclic amines) is 1. The van der Waals surface area contributed by atoms with Gasteiger partial charge < -0.3 is 10.2 Å². The van der Waals surface area contributed by atoms with Crippen molar-refractivity contribution in [2.45, 2.75) is 25.8 Å². The first kappa shape index (κ1) is 16.1. The van der Waals surface area contributed by atoms with Gasteiger partial charge in [0.1, 0.15) is 11.6 Å². The third-order valence-corrected chi connectivity index (χ3v) is 4.44. The van der Waals surface area contributed by atoms with Crippen LogP contribution in [0.2, 0.25) is 5.02 Å². The number of rotatable bonds is 3. The minimum Gasteiger partial charge on any atom is -0.365 e. The quantitative estimate of drug-likeness (QED) is 0.928. The highest BCUT2D eigenvalue weighted by Crippen LogP contribution is 2.26. The van der Waals surface area contributed by atoms with Gasteiger partial charge in [-0.15, -0.1) is 10.2 Å². The monoisotopic (exact) mass is 334 g/mol. The fraction of sp³-hybridized carbons (Fsp3) is 0.412. The summed E-state index contributed by atoms with van der Waals surface area (Å²) >= 11 is 5.85. The summed E-state index contributed by atoms with van der Waals surface area (Å²) in [6, 6.07) is 6.98. The van der Waals surface area contributed by atoms with Crippen LogP contribution in [0.5, 0.6) is 0 Å². The molecule has 0 spiro atoms. The third-order valence-electron chi connectivity index (χ3n) is 4.15. The van der Waals surface area contributed by atoms with Crippen molar-refractivity contribution in [1.82, 2.24) is 15.1 Å². The minimum absolute atomic E-state index is 0.0937. The van der Waals surface area contributed by atoms with Crippen molar-refractivity contribution >= 4 is 17.4 Å². The Morgan fingerprint density at radius 3 is 2.83 bits per heavy atom. The largest absolute Gasteiger partial charge is 0.365 e. The average molecular weight is 335 g/mol. The Balaban J connectivity index is 1.78. The van der Waals surface area contributed by atoms with Crippen molar-refractivity contribution in [2.75, 3.05) is 25.5 Å². The lowest BCUT2D eigenvalue weighted by Gasteiger charge is -2.30. The minimum atomic E-state index is -0.430. The van der Waals surface area contributed by atoms with E-state index >= 15 is 0 Å². The lowest BCUT2D eigenvalue weighted by Crippen LogP contribution is -2.39. The van der Waals surface area contributed by atoms with Crippen LogP contribution in [0.4, 0.5) is 10.2 Å². The summed E-state index contributed by atoms with van der Waals surface area (Å²) < 4.78 is 13.3. The Hall–Kier alpha value is -1.72. The van der Waals surface area contributed by atoms with Crippen molar-refractivity contribution in [3.63, 3.8) is 0 Å². The zero-order valence-electron chi connectivity index (χ0n) is 13.3. The summed E-state index contributed by atoms with van der Waals surface area (Å²) in [6.45, 7) is 4.13. The smallest absolute Gasteiger partial charge is 0.149 e. The summed E-state index contributed by atoms with van der Waals surface area (Å²) in [7, 11) is 2.13. The molecular formula is C17H20ClFN4. The molecule has 1 atom stereocenters. The van der Waals surface area contributed by atoms with E-state index in [0.29, 0.717) is 6.04 Å². The highest BCUT2D eigenvalue weighted by atomic mass is 35.5. The Morgan fingerprint density at radius 1 is 1.30 bits per heavy atom. The number of nitrogens with zero attached hydrogens (tertiary/aromatic N) is 3. The molecule has 122 valence electrons. The molecule has 1 aromatic carbocycles. The standard InChI is InChI=1S/C17H20ClFN4/c1-11-8-16(20-13-4-3-7-23(2)10-13)21-22-17(11)12-5-6-15(19)14(18)9-12/h5-6,8-9,13H,3-4,7,10H2,1-2H3,(H,20,21)/t13-/m1/s1. The molecule has 0 bridgehead atoms. The fourth-order valence-electron chi connectivity index (χ4n) is 2.98. The van der Waals surface area contributed by atoms with E-state index in [0.717, 1.165) is 42.1 Å². The topological polar surface area (TPSA) is 41.0 Å². The lowest BCUT2D eigenvalue weighted by atomic mass is 10.1. The van der Waals surface area contributed by atoms with Crippen molar-refractivity contribution in [1.29, 1.82) is 0 Å². The third kappa shape index (κ3) is 3.79. The second-order valence-corrected chi connectivity index (χ2v) is 6.54. The number of aryl methyl sites for hydroxylation is 1. The number of halogens is 2. The molecule has 1 aliphatic heterocycles. The predicted octanol–water partition coefficient (Wildman–Crippen LogP) is 3.75. The fourth-order valence-corrected chi connectivity index (χ4v) is 3.16. The molecule has 0 aliphatic carbocycles. The zero-order chi connectivity index (χ0) is 16.4. The lowest BCUT2D eigenvalue weighted by molar-refractivity contribution is 0.260. The molecule has 6 heteroatoms. The molecule has 1 saturated heterocycles. The summed E-state index contributed by atoms with van der Waals surface area (Å²) in [5.41, 5.74) is 2.47. The van der Waals surface area contributed by atoms with E-state index in [-0.39, 0.29) is 5.02 Å². The summed E-state index contributed by atoms with van der Waals surface area (Å²) in [5, 5.41) is 12.1. The van der Waals surface area contributed by atoms with Gasteiger partial charge in [-0.1, -0.05) is 11.6 Å². The Morgan fingerprint density at radius 2 is 2.13 bits per heavy atom. The van der Waals surface area contributed by atoms with Crippen LogP contribution in [0.3, 0.4) is 0 Å². The van der Waals surface area contributed by atoms with Gasteiger partial charge >= 0.3 is 0 Å². The highest BCUT2D eigenvalue weighted by molar-refractivity contribution is 6.31. The van der Waals surface area contributed by atoms with Crippen LogP contribution in [0, 0.1) is 12.7 Å². The first-order valence-electron chi connectivity index (χ1n) is 7.78.